The summed E-state index contributed by atoms with van der Waals surface area (Å²) in [5, 5.41) is 20.8. The number of fused-ring (bicyclic) bond motifs is 1. The number of piperidine rings is 1. The number of nitrogens with zero attached hydrogens (tertiary/aromatic N) is 1. The molecular weight excluding hydrogens is 278 g/mol. The Morgan fingerprint density at radius 1 is 1.32 bits per heavy atom. The zero-order chi connectivity index (χ0) is 15.6. The van der Waals surface area contributed by atoms with Gasteiger partial charge in [-0.25, -0.2) is 0 Å². The van der Waals surface area contributed by atoms with Gasteiger partial charge in [-0.1, -0.05) is 18.2 Å². The molecule has 2 aliphatic heterocycles. The number of aryl methyl sites for hydroxylation is 1. The molecule has 3 aliphatic rings. The Hall–Kier alpha value is -1.52. The lowest BCUT2D eigenvalue weighted by atomic mass is 9.57. The van der Waals surface area contributed by atoms with Gasteiger partial charge >= 0.3 is 0 Å². The molecule has 5 atom stereocenters. The molecule has 4 rings (SSSR count). The van der Waals surface area contributed by atoms with Crippen molar-refractivity contribution in [3.8, 4) is 11.5 Å². The van der Waals surface area contributed by atoms with Crippen LogP contribution in [0.4, 0.5) is 0 Å². The number of ether oxygens (including phenoxy) is 1. The van der Waals surface area contributed by atoms with Crippen LogP contribution in [-0.4, -0.2) is 47.0 Å². The number of hydrogen-bond acceptors (Lipinski definition) is 4. The molecule has 118 valence electrons. The van der Waals surface area contributed by atoms with Crippen molar-refractivity contribution in [2.24, 2.45) is 5.92 Å². The van der Waals surface area contributed by atoms with E-state index >= 15 is 0 Å². The van der Waals surface area contributed by atoms with Gasteiger partial charge in [0.05, 0.1) is 0 Å². The molecule has 1 spiro atoms. The van der Waals surface area contributed by atoms with Gasteiger partial charge in [-0.2, -0.15) is 0 Å². The molecule has 0 aromatic heterocycles. The molecule has 2 N–H and O–H groups in total. The minimum Gasteiger partial charge on any atom is -0.504 e. The number of benzene rings is 1. The van der Waals surface area contributed by atoms with Crippen LogP contribution in [0.3, 0.4) is 0 Å². The van der Waals surface area contributed by atoms with Crippen LogP contribution in [-0.2, 0) is 5.41 Å². The molecule has 0 amide bonds. The summed E-state index contributed by atoms with van der Waals surface area (Å²) in [6.45, 7) is 5.27. The van der Waals surface area contributed by atoms with Crippen molar-refractivity contribution in [2.45, 2.75) is 43.9 Å². The van der Waals surface area contributed by atoms with E-state index in [1.165, 1.54) is 0 Å². The Labute approximate surface area is 131 Å². The fourth-order valence-electron chi connectivity index (χ4n) is 4.84. The van der Waals surface area contributed by atoms with Gasteiger partial charge in [0.15, 0.2) is 11.5 Å². The van der Waals surface area contributed by atoms with E-state index in [1.54, 1.807) is 6.07 Å². The predicted octanol–water partition coefficient (Wildman–Crippen LogP) is 1.97. The summed E-state index contributed by atoms with van der Waals surface area (Å²) in [5.41, 5.74) is 2.00. The van der Waals surface area contributed by atoms with Crippen molar-refractivity contribution in [3.05, 3.63) is 35.4 Å². The average molecular weight is 301 g/mol. The fourth-order valence-corrected chi connectivity index (χ4v) is 4.84. The van der Waals surface area contributed by atoms with Gasteiger partial charge in [-0.15, -0.1) is 0 Å². The minimum absolute atomic E-state index is 0.182. The maximum absolute atomic E-state index is 10.5. The number of likely N-dealkylation sites (tertiary alicyclic amines) is 1. The van der Waals surface area contributed by atoms with Gasteiger partial charge in [0.25, 0.3) is 0 Å². The first kappa shape index (κ1) is 14.1. The number of aliphatic hydroxyl groups excluding tert-OH is 1. The van der Waals surface area contributed by atoms with E-state index in [1.807, 2.05) is 12.1 Å². The van der Waals surface area contributed by atoms with E-state index in [9.17, 15) is 10.2 Å². The quantitative estimate of drug-likeness (QED) is 0.719. The average Bonchev–Trinajstić information content (AvgIpc) is 2.85. The Balaban J connectivity index is 1.97. The summed E-state index contributed by atoms with van der Waals surface area (Å²) in [5.74, 6) is 1.04. The summed E-state index contributed by atoms with van der Waals surface area (Å²) < 4.78 is 6.11. The van der Waals surface area contributed by atoms with Crippen LogP contribution in [0, 0.1) is 12.8 Å². The first-order chi connectivity index (χ1) is 10.5. The molecule has 4 nitrogen and oxygen atoms in total. The second-order valence-corrected chi connectivity index (χ2v) is 7.06. The highest BCUT2D eigenvalue weighted by molar-refractivity contribution is 5.59. The van der Waals surface area contributed by atoms with E-state index in [-0.39, 0.29) is 23.2 Å². The van der Waals surface area contributed by atoms with Crippen LogP contribution < -0.4 is 4.74 Å². The summed E-state index contributed by atoms with van der Waals surface area (Å²) >= 11 is 0. The summed E-state index contributed by atoms with van der Waals surface area (Å²) in [7, 11) is 2.15. The molecule has 1 aromatic rings. The molecule has 2 unspecified atom stereocenters. The molecule has 0 saturated carbocycles. The second kappa shape index (κ2) is 4.49. The topological polar surface area (TPSA) is 52.9 Å². The zero-order valence-electron chi connectivity index (χ0n) is 13.3. The number of aliphatic hydroxyl groups is 1. The Morgan fingerprint density at radius 2 is 2.09 bits per heavy atom. The largest absolute Gasteiger partial charge is 0.504 e. The van der Waals surface area contributed by atoms with Gasteiger partial charge in [-0.05, 0) is 45.5 Å². The number of rotatable bonds is 0. The first-order valence-electron chi connectivity index (χ1n) is 8.03. The van der Waals surface area contributed by atoms with Crippen LogP contribution in [0.5, 0.6) is 11.5 Å². The van der Waals surface area contributed by atoms with Crippen molar-refractivity contribution in [2.75, 3.05) is 13.6 Å². The van der Waals surface area contributed by atoms with Crippen LogP contribution in [0.2, 0.25) is 0 Å². The maximum atomic E-state index is 10.5. The zero-order valence-corrected chi connectivity index (χ0v) is 13.3. The molecule has 22 heavy (non-hydrogen) atoms. The second-order valence-electron chi connectivity index (χ2n) is 7.06. The highest BCUT2D eigenvalue weighted by Crippen LogP contribution is 2.59. The maximum Gasteiger partial charge on any atom is 0.165 e. The monoisotopic (exact) mass is 301 g/mol. The SMILES string of the molecule is Cc1ccc(O)c2c1C13CCN(C)[C@H](C)[C@@H]1C=C[C@H](O)C3O2. The number of phenolic OH excluding ortho intramolecular Hbond substituents is 1. The normalized spacial score (nSPS) is 39.8. The molecule has 4 heteroatoms. The third-order valence-electron chi connectivity index (χ3n) is 6.08. The third-order valence-corrected chi connectivity index (χ3v) is 6.08. The Kier molecular flexibility index (Phi) is 2.88. The van der Waals surface area contributed by atoms with E-state index in [0.717, 1.165) is 24.1 Å². The molecular formula is C18H23NO3. The standard InChI is InChI=1S/C18H23NO3/c1-10-4-6-13(20)16-15(10)18-8-9-19(3)11(2)12(18)5-7-14(21)17(18)22-16/h4-7,11-12,14,17,20-21H,8-9H2,1-3H3/t11-,12+,14+,17?,18?/m1/s1. The Morgan fingerprint density at radius 3 is 2.86 bits per heavy atom. The minimum atomic E-state index is -0.627. The van der Waals surface area contributed by atoms with Crippen LogP contribution >= 0.6 is 0 Å². The first-order valence-corrected chi connectivity index (χ1v) is 8.03. The number of phenols is 1. The highest BCUT2D eigenvalue weighted by atomic mass is 16.5. The van der Waals surface area contributed by atoms with Gasteiger partial charge in [0.1, 0.15) is 12.2 Å². The number of hydrogen-bond donors (Lipinski definition) is 2. The smallest absolute Gasteiger partial charge is 0.165 e. The molecule has 0 bridgehead atoms. The molecule has 1 saturated heterocycles. The van der Waals surface area contributed by atoms with Crippen LogP contribution in [0.15, 0.2) is 24.3 Å². The van der Waals surface area contributed by atoms with Crippen LogP contribution in [0.25, 0.3) is 0 Å². The van der Waals surface area contributed by atoms with E-state index in [4.69, 9.17) is 4.74 Å². The lowest BCUT2D eigenvalue weighted by Gasteiger charge is -2.52. The van der Waals surface area contributed by atoms with Crippen molar-refractivity contribution < 1.29 is 14.9 Å². The molecule has 1 aliphatic carbocycles. The van der Waals surface area contributed by atoms with Gasteiger partial charge in [0.2, 0.25) is 0 Å². The van der Waals surface area contributed by atoms with E-state index in [0.29, 0.717) is 11.8 Å². The lowest BCUT2D eigenvalue weighted by molar-refractivity contribution is -0.0369. The predicted molar refractivity (Wildman–Crippen MR) is 84.3 cm³/mol. The van der Waals surface area contributed by atoms with Gasteiger partial charge in [-0.3, -0.25) is 0 Å². The van der Waals surface area contributed by atoms with Gasteiger partial charge < -0.3 is 19.8 Å². The lowest BCUT2D eigenvalue weighted by Crippen LogP contribution is -2.61. The van der Waals surface area contributed by atoms with Crippen molar-refractivity contribution in [1.82, 2.24) is 4.90 Å². The summed E-state index contributed by atoms with van der Waals surface area (Å²) in [6, 6.07) is 4.02. The molecule has 0 radical (unpaired) electrons. The summed E-state index contributed by atoms with van der Waals surface area (Å²) in [4.78, 5) is 2.37. The Bertz CT molecular complexity index is 656. The van der Waals surface area contributed by atoms with Crippen molar-refractivity contribution >= 4 is 0 Å². The van der Waals surface area contributed by atoms with Crippen LogP contribution in [0.1, 0.15) is 24.5 Å². The number of aromatic hydroxyl groups is 1. The fraction of sp³-hybridized carbons (Fsp3) is 0.556. The molecule has 2 heterocycles. The van der Waals surface area contributed by atoms with E-state index in [2.05, 4.69) is 31.9 Å². The highest BCUT2D eigenvalue weighted by Gasteiger charge is 2.61. The van der Waals surface area contributed by atoms with Crippen molar-refractivity contribution in [3.63, 3.8) is 0 Å². The van der Waals surface area contributed by atoms with E-state index < -0.39 is 6.10 Å². The third kappa shape index (κ3) is 1.54. The molecule has 1 fully saturated rings. The van der Waals surface area contributed by atoms with Crippen molar-refractivity contribution in [1.29, 1.82) is 0 Å². The summed E-state index contributed by atoms with van der Waals surface area (Å²) in [6.07, 6.45) is 4.02. The van der Waals surface area contributed by atoms with Gasteiger partial charge in [0, 0.05) is 22.9 Å². The molecule has 1 aromatic carbocycles.